The number of amides is 2. The maximum atomic E-state index is 12.9. The van der Waals surface area contributed by atoms with Crippen LogP contribution in [0.2, 0.25) is 0 Å². The van der Waals surface area contributed by atoms with Gasteiger partial charge < -0.3 is 5.32 Å². The third-order valence-corrected chi connectivity index (χ3v) is 5.76. The summed E-state index contributed by atoms with van der Waals surface area (Å²) in [6, 6.07) is 5.70. The molecule has 2 heterocycles. The van der Waals surface area contributed by atoms with Gasteiger partial charge in [0.15, 0.2) is 4.34 Å². The van der Waals surface area contributed by atoms with Crippen molar-refractivity contribution < 1.29 is 14.0 Å². The van der Waals surface area contributed by atoms with Crippen LogP contribution in [0.1, 0.15) is 10.6 Å². The second-order valence-corrected chi connectivity index (χ2v) is 8.57. The van der Waals surface area contributed by atoms with Crippen molar-refractivity contribution in [3.8, 4) is 0 Å². The van der Waals surface area contributed by atoms with E-state index < -0.39 is 0 Å². The van der Waals surface area contributed by atoms with Crippen LogP contribution in [-0.4, -0.2) is 38.0 Å². The molecule has 0 bridgehead atoms. The van der Waals surface area contributed by atoms with Crippen molar-refractivity contribution in [1.82, 2.24) is 20.4 Å². The minimum absolute atomic E-state index is 0.103. The molecule has 0 aliphatic rings. The molecule has 0 aliphatic heterocycles. The predicted octanol–water partition coefficient (Wildman–Crippen LogP) is 2.75. The molecule has 0 aliphatic carbocycles. The molecule has 0 spiro atoms. The minimum Gasteiger partial charge on any atom is -0.300 e. The Morgan fingerprint density at radius 1 is 1.00 bits per heavy atom. The zero-order valence-corrected chi connectivity index (χ0v) is 16.4. The second kappa shape index (κ2) is 8.97. The maximum Gasteiger partial charge on any atom is 0.236 e. The van der Waals surface area contributed by atoms with Crippen LogP contribution >= 0.6 is 34.4 Å². The van der Waals surface area contributed by atoms with Crippen molar-refractivity contribution in [2.24, 2.45) is 0 Å². The lowest BCUT2D eigenvalue weighted by Gasteiger charge is -2.01. The Hall–Kier alpha value is -2.44. The summed E-state index contributed by atoms with van der Waals surface area (Å²) in [6.45, 7) is 1.80. The Balaban J connectivity index is 1.45. The van der Waals surface area contributed by atoms with Crippen LogP contribution in [0.5, 0.6) is 0 Å². The molecule has 0 unspecified atom stereocenters. The number of carbonyl (C=O) groups is 2. The molecule has 0 atom stereocenters. The molecule has 3 rings (SSSR count). The fourth-order valence-corrected chi connectivity index (χ4v) is 4.08. The van der Waals surface area contributed by atoms with Gasteiger partial charge in [-0.15, -0.1) is 20.4 Å². The van der Waals surface area contributed by atoms with Crippen molar-refractivity contribution in [3.63, 3.8) is 0 Å². The summed E-state index contributed by atoms with van der Waals surface area (Å²) in [5, 5.41) is 22.3. The summed E-state index contributed by atoms with van der Waals surface area (Å²) in [6.07, 6.45) is 0.103. The van der Waals surface area contributed by atoms with Gasteiger partial charge >= 0.3 is 0 Å². The van der Waals surface area contributed by atoms with Gasteiger partial charge in [-0.3, -0.25) is 14.9 Å². The van der Waals surface area contributed by atoms with Gasteiger partial charge in [0, 0.05) is 0 Å². The Bertz CT molecular complexity index is 943. The van der Waals surface area contributed by atoms with E-state index in [1.807, 2.05) is 0 Å². The lowest BCUT2D eigenvalue weighted by Crippen LogP contribution is -2.14. The molecule has 2 aromatic heterocycles. The van der Waals surface area contributed by atoms with Gasteiger partial charge in [-0.25, -0.2) is 4.39 Å². The Kier molecular flexibility index (Phi) is 6.42. The van der Waals surface area contributed by atoms with E-state index in [9.17, 15) is 14.0 Å². The fraction of sp³-hybridized carbons (Fsp3) is 0.200. The standard InChI is InChI=1S/C15H13FN6O2S3/c1-8-19-20-13(26-8)18-12(24)7-25-15-22-21-14(27-15)17-11(23)6-9-2-4-10(16)5-3-9/h2-5H,6-7H2,1H3,(H,17,21,23)(H,18,20,24). The Morgan fingerprint density at radius 2 is 1.67 bits per heavy atom. The van der Waals surface area contributed by atoms with E-state index in [2.05, 4.69) is 31.0 Å². The highest BCUT2D eigenvalue weighted by molar-refractivity contribution is 8.01. The van der Waals surface area contributed by atoms with Gasteiger partial charge in [0.05, 0.1) is 12.2 Å². The summed E-state index contributed by atoms with van der Waals surface area (Å²) < 4.78 is 13.4. The minimum atomic E-state index is -0.352. The predicted molar refractivity (Wildman–Crippen MR) is 103 cm³/mol. The highest BCUT2D eigenvalue weighted by atomic mass is 32.2. The summed E-state index contributed by atoms with van der Waals surface area (Å²) >= 11 is 3.67. The third kappa shape index (κ3) is 6.05. The number of rotatable bonds is 7. The first-order valence-corrected chi connectivity index (χ1v) is 10.2. The summed E-state index contributed by atoms with van der Waals surface area (Å²) in [5.41, 5.74) is 0.691. The van der Waals surface area contributed by atoms with E-state index in [-0.39, 0.29) is 29.8 Å². The first-order valence-electron chi connectivity index (χ1n) is 7.58. The fourth-order valence-electron chi connectivity index (χ4n) is 1.90. The molecule has 27 heavy (non-hydrogen) atoms. The molecule has 140 valence electrons. The van der Waals surface area contributed by atoms with Crippen molar-refractivity contribution in [1.29, 1.82) is 0 Å². The Labute approximate surface area is 165 Å². The maximum absolute atomic E-state index is 12.9. The van der Waals surface area contributed by atoms with E-state index in [1.165, 1.54) is 46.6 Å². The Morgan fingerprint density at radius 3 is 2.37 bits per heavy atom. The molecule has 2 amide bonds. The topological polar surface area (TPSA) is 110 Å². The van der Waals surface area contributed by atoms with E-state index in [0.717, 1.165) is 5.01 Å². The van der Waals surface area contributed by atoms with Crippen molar-refractivity contribution in [3.05, 3.63) is 40.7 Å². The number of nitrogens with zero attached hydrogens (tertiary/aromatic N) is 4. The van der Waals surface area contributed by atoms with Crippen LogP contribution in [0.25, 0.3) is 0 Å². The SMILES string of the molecule is Cc1nnc(NC(=O)CSc2nnc(NC(=O)Cc3ccc(F)cc3)s2)s1. The number of hydrogen-bond donors (Lipinski definition) is 2. The number of hydrogen-bond acceptors (Lipinski definition) is 9. The number of aryl methyl sites for hydroxylation is 1. The molecule has 1 aromatic carbocycles. The van der Waals surface area contributed by atoms with Crippen LogP contribution in [0.4, 0.5) is 14.7 Å². The molecule has 0 radical (unpaired) electrons. The molecule has 0 saturated heterocycles. The number of nitrogens with one attached hydrogen (secondary N) is 2. The number of benzene rings is 1. The van der Waals surface area contributed by atoms with Gasteiger partial charge in [0.1, 0.15) is 10.8 Å². The normalized spacial score (nSPS) is 10.6. The van der Waals surface area contributed by atoms with E-state index in [0.29, 0.717) is 20.2 Å². The second-order valence-electron chi connectivity index (χ2n) is 5.19. The molecule has 0 saturated carbocycles. The average Bonchev–Trinajstić information content (AvgIpc) is 3.24. The third-order valence-electron chi connectivity index (χ3n) is 3.03. The molecule has 8 nitrogen and oxygen atoms in total. The van der Waals surface area contributed by atoms with Crippen LogP contribution < -0.4 is 10.6 Å². The largest absolute Gasteiger partial charge is 0.300 e. The molecule has 12 heteroatoms. The van der Waals surface area contributed by atoms with Gasteiger partial charge in [-0.2, -0.15) is 0 Å². The number of halogens is 1. The zero-order chi connectivity index (χ0) is 19.2. The summed E-state index contributed by atoms with van der Waals surface area (Å²) in [7, 11) is 0. The smallest absolute Gasteiger partial charge is 0.236 e. The van der Waals surface area contributed by atoms with Crippen molar-refractivity contribution >= 4 is 56.5 Å². The van der Waals surface area contributed by atoms with E-state index >= 15 is 0 Å². The number of aromatic nitrogens is 4. The van der Waals surface area contributed by atoms with Crippen molar-refractivity contribution in [2.45, 2.75) is 17.7 Å². The quantitative estimate of drug-likeness (QED) is 0.443. The summed E-state index contributed by atoms with van der Waals surface area (Å²) in [4.78, 5) is 23.9. The molecular weight excluding hydrogens is 411 g/mol. The zero-order valence-electron chi connectivity index (χ0n) is 13.9. The van der Waals surface area contributed by atoms with Crippen LogP contribution in [0.3, 0.4) is 0 Å². The van der Waals surface area contributed by atoms with Gasteiger partial charge in [-0.05, 0) is 24.6 Å². The highest BCUT2D eigenvalue weighted by Crippen LogP contribution is 2.26. The number of carbonyl (C=O) groups excluding carboxylic acids is 2. The van der Waals surface area contributed by atoms with Crippen LogP contribution in [0, 0.1) is 12.7 Å². The van der Waals surface area contributed by atoms with E-state index in [4.69, 9.17) is 0 Å². The van der Waals surface area contributed by atoms with Crippen molar-refractivity contribution in [2.75, 3.05) is 16.4 Å². The van der Waals surface area contributed by atoms with Gasteiger partial charge in [0.25, 0.3) is 0 Å². The average molecular weight is 425 g/mol. The van der Waals surface area contributed by atoms with Crippen LogP contribution in [0.15, 0.2) is 28.6 Å². The lowest BCUT2D eigenvalue weighted by molar-refractivity contribution is -0.115. The summed E-state index contributed by atoms with van der Waals surface area (Å²) in [5.74, 6) is -0.723. The first kappa shape index (κ1) is 19.3. The van der Waals surface area contributed by atoms with Crippen LogP contribution in [-0.2, 0) is 16.0 Å². The molecular formula is C15H13FN6O2S3. The highest BCUT2D eigenvalue weighted by Gasteiger charge is 2.12. The molecule has 0 fully saturated rings. The van der Waals surface area contributed by atoms with E-state index in [1.54, 1.807) is 19.1 Å². The monoisotopic (exact) mass is 424 g/mol. The molecule has 3 aromatic rings. The lowest BCUT2D eigenvalue weighted by atomic mass is 10.1. The van der Waals surface area contributed by atoms with Gasteiger partial charge in [0.2, 0.25) is 22.1 Å². The number of anilines is 2. The first-order chi connectivity index (χ1) is 13.0. The number of thioether (sulfide) groups is 1. The van der Waals surface area contributed by atoms with Gasteiger partial charge in [-0.1, -0.05) is 46.6 Å². The molecule has 2 N–H and O–H groups in total.